The highest BCUT2D eigenvalue weighted by atomic mass is 15.1. The van der Waals surface area contributed by atoms with Crippen molar-refractivity contribution in [1.29, 1.82) is 0 Å². The molecular formula is C11H27N3. The third-order valence-corrected chi connectivity index (χ3v) is 2.57. The van der Waals surface area contributed by atoms with E-state index in [1.807, 2.05) is 0 Å². The van der Waals surface area contributed by atoms with E-state index in [1.165, 1.54) is 25.9 Å². The monoisotopic (exact) mass is 201 g/mol. The first-order valence-corrected chi connectivity index (χ1v) is 5.92. The molecule has 86 valence electrons. The second-order valence-electron chi connectivity index (χ2n) is 3.91. The van der Waals surface area contributed by atoms with E-state index in [2.05, 4.69) is 18.7 Å². The van der Waals surface area contributed by atoms with Gasteiger partial charge < -0.3 is 16.4 Å². The maximum absolute atomic E-state index is 5.89. The van der Waals surface area contributed by atoms with Crippen molar-refractivity contribution < 1.29 is 0 Å². The Hall–Kier alpha value is -0.120. The lowest BCUT2D eigenvalue weighted by Crippen LogP contribution is -2.28. The molecular weight excluding hydrogens is 174 g/mol. The zero-order valence-electron chi connectivity index (χ0n) is 9.84. The van der Waals surface area contributed by atoms with E-state index < -0.39 is 0 Å². The summed E-state index contributed by atoms with van der Waals surface area (Å²) in [6.07, 6.45) is 4.51. The van der Waals surface area contributed by atoms with Crippen LogP contribution in [-0.4, -0.2) is 37.1 Å². The standard InChI is InChI=1S/C11H27N3/c1-3-9-14(4-2)10-5-6-11(13)7-8-12/h11H,3-10,12-13H2,1-2H3. The minimum atomic E-state index is 0.306. The van der Waals surface area contributed by atoms with Gasteiger partial charge in [-0.1, -0.05) is 13.8 Å². The van der Waals surface area contributed by atoms with Crippen LogP contribution in [0.15, 0.2) is 0 Å². The Morgan fingerprint density at radius 3 is 2.36 bits per heavy atom. The average molecular weight is 201 g/mol. The highest BCUT2D eigenvalue weighted by molar-refractivity contribution is 4.63. The van der Waals surface area contributed by atoms with Crippen LogP contribution in [-0.2, 0) is 0 Å². The second kappa shape index (κ2) is 9.44. The molecule has 1 atom stereocenters. The highest BCUT2D eigenvalue weighted by Gasteiger charge is 2.03. The van der Waals surface area contributed by atoms with E-state index in [4.69, 9.17) is 11.5 Å². The Morgan fingerprint density at radius 1 is 1.14 bits per heavy atom. The molecule has 14 heavy (non-hydrogen) atoms. The quantitative estimate of drug-likeness (QED) is 0.589. The number of rotatable bonds is 9. The summed E-state index contributed by atoms with van der Waals surface area (Å²) in [6.45, 7) is 8.71. The van der Waals surface area contributed by atoms with Crippen LogP contribution in [0.3, 0.4) is 0 Å². The Kier molecular flexibility index (Phi) is 9.35. The lowest BCUT2D eigenvalue weighted by Gasteiger charge is -2.20. The Bertz CT molecular complexity index is 117. The lowest BCUT2D eigenvalue weighted by atomic mass is 10.1. The predicted octanol–water partition coefficient (Wildman–Crippen LogP) is 1.17. The third kappa shape index (κ3) is 7.30. The third-order valence-electron chi connectivity index (χ3n) is 2.57. The number of nitrogens with zero attached hydrogens (tertiary/aromatic N) is 1. The van der Waals surface area contributed by atoms with E-state index >= 15 is 0 Å². The molecule has 3 heteroatoms. The van der Waals surface area contributed by atoms with Gasteiger partial charge in [-0.3, -0.25) is 0 Å². The van der Waals surface area contributed by atoms with Crippen LogP contribution in [0.1, 0.15) is 39.5 Å². The van der Waals surface area contributed by atoms with Crippen molar-refractivity contribution in [2.24, 2.45) is 11.5 Å². The van der Waals surface area contributed by atoms with Gasteiger partial charge in [-0.15, -0.1) is 0 Å². The summed E-state index contributed by atoms with van der Waals surface area (Å²) in [5, 5.41) is 0. The molecule has 0 spiro atoms. The van der Waals surface area contributed by atoms with E-state index in [0.717, 1.165) is 19.4 Å². The van der Waals surface area contributed by atoms with Crippen molar-refractivity contribution in [3.8, 4) is 0 Å². The molecule has 0 rings (SSSR count). The number of nitrogens with two attached hydrogens (primary N) is 2. The Balaban J connectivity index is 3.40. The summed E-state index contributed by atoms with van der Waals surface area (Å²) < 4.78 is 0. The molecule has 0 saturated heterocycles. The largest absolute Gasteiger partial charge is 0.330 e. The molecule has 0 amide bonds. The molecule has 0 aliphatic rings. The van der Waals surface area contributed by atoms with Crippen LogP contribution in [0.25, 0.3) is 0 Å². The van der Waals surface area contributed by atoms with Crippen LogP contribution in [0, 0.1) is 0 Å². The molecule has 0 heterocycles. The highest BCUT2D eigenvalue weighted by Crippen LogP contribution is 2.01. The minimum absolute atomic E-state index is 0.306. The molecule has 0 bridgehead atoms. The first-order chi connectivity index (χ1) is 6.74. The smallest absolute Gasteiger partial charge is 0.00513 e. The summed E-state index contributed by atoms with van der Waals surface area (Å²) in [4.78, 5) is 2.48. The molecule has 0 fully saturated rings. The topological polar surface area (TPSA) is 55.3 Å². The summed E-state index contributed by atoms with van der Waals surface area (Å²) in [5.74, 6) is 0. The maximum atomic E-state index is 5.89. The predicted molar refractivity (Wildman–Crippen MR) is 63.3 cm³/mol. The molecule has 0 aliphatic carbocycles. The van der Waals surface area contributed by atoms with Gasteiger partial charge in [-0.2, -0.15) is 0 Å². The summed E-state index contributed by atoms with van der Waals surface area (Å²) >= 11 is 0. The number of hydrogen-bond donors (Lipinski definition) is 2. The molecule has 1 unspecified atom stereocenters. The van der Waals surface area contributed by atoms with Gasteiger partial charge in [0.25, 0.3) is 0 Å². The number of hydrogen-bond acceptors (Lipinski definition) is 3. The Morgan fingerprint density at radius 2 is 1.86 bits per heavy atom. The summed E-state index contributed by atoms with van der Waals surface area (Å²) in [6, 6.07) is 0.306. The van der Waals surface area contributed by atoms with Crippen LogP contribution in [0.4, 0.5) is 0 Å². The molecule has 0 aliphatic heterocycles. The van der Waals surface area contributed by atoms with E-state index in [0.29, 0.717) is 12.6 Å². The van der Waals surface area contributed by atoms with E-state index in [1.54, 1.807) is 0 Å². The fraction of sp³-hybridized carbons (Fsp3) is 1.00. The van der Waals surface area contributed by atoms with Crippen LogP contribution >= 0.6 is 0 Å². The molecule has 0 saturated carbocycles. The van der Waals surface area contributed by atoms with Gasteiger partial charge in [0.05, 0.1) is 0 Å². The van der Waals surface area contributed by atoms with Gasteiger partial charge in [0.2, 0.25) is 0 Å². The van der Waals surface area contributed by atoms with Crippen molar-refractivity contribution in [1.82, 2.24) is 4.90 Å². The first kappa shape index (κ1) is 13.9. The van der Waals surface area contributed by atoms with Gasteiger partial charge in [-0.05, 0) is 51.9 Å². The zero-order valence-corrected chi connectivity index (χ0v) is 9.84. The fourth-order valence-corrected chi connectivity index (χ4v) is 1.68. The van der Waals surface area contributed by atoms with Gasteiger partial charge in [0.1, 0.15) is 0 Å². The minimum Gasteiger partial charge on any atom is -0.330 e. The average Bonchev–Trinajstić information content (AvgIpc) is 2.17. The Labute approximate surface area is 88.8 Å². The molecule has 0 radical (unpaired) electrons. The zero-order chi connectivity index (χ0) is 10.8. The summed E-state index contributed by atoms with van der Waals surface area (Å²) in [5.41, 5.74) is 11.3. The van der Waals surface area contributed by atoms with E-state index in [-0.39, 0.29) is 0 Å². The van der Waals surface area contributed by atoms with Crippen LogP contribution in [0.5, 0.6) is 0 Å². The van der Waals surface area contributed by atoms with Crippen LogP contribution in [0.2, 0.25) is 0 Å². The fourth-order valence-electron chi connectivity index (χ4n) is 1.68. The van der Waals surface area contributed by atoms with Gasteiger partial charge in [0.15, 0.2) is 0 Å². The van der Waals surface area contributed by atoms with Crippen molar-refractivity contribution in [3.05, 3.63) is 0 Å². The van der Waals surface area contributed by atoms with Crippen molar-refractivity contribution in [2.45, 2.75) is 45.6 Å². The maximum Gasteiger partial charge on any atom is 0.00513 e. The molecule has 0 aromatic carbocycles. The lowest BCUT2D eigenvalue weighted by molar-refractivity contribution is 0.278. The first-order valence-electron chi connectivity index (χ1n) is 5.92. The van der Waals surface area contributed by atoms with Crippen molar-refractivity contribution >= 4 is 0 Å². The van der Waals surface area contributed by atoms with E-state index in [9.17, 15) is 0 Å². The van der Waals surface area contributed by atoms with Crippen molar-refractivity contribution in [2.75, 3.05) is 26.2 Å². The van der Waals surface area contributed by atoms with Crippen LogP contribution < -0.4 is 11.5 Å². The molecule has 4 N–H and O–H groups in total. The molecule has 3 nitrogen and oxygen atoms in total. The van der Waals surface area contributed by atoms with Crippen molar-refractivity contribution in [3.63, 3.8) is 0 Å². The van der Waals surface area contributed by atoms with Gasteiger partial charge in [0, 0.05) is 6.04 Å². The SMILES string of the molecule is CCCN(CC)CCCC(N)CCN. The normalized spacial score (nSPS) is 13.5. The van der Waals surface area contributed by atoms with Gasteiger partial charge in [-0.25, -0.2) is 0 Å². The summed E-state index contributed by atoms with van der Waals surface area (Å²) in [7, 11) is 0. The second-order valence-corrected chi connectivity index (χ2v) is 3.91. The molecule has 0 aromatic rings. The van der Waals surface area contributed by atoms with Gasteiger partial charge >= 0.3 is 0 Å². The molecule has 0 aromatic heterocycles.